The smallest absolute Gasteiger partial charge is 0.180 e. The van der Waals surface area contributed by atoms with E-state index in [1.54, 1.807) is 6.07 Å². The van der Waals surface area contributed by atoms with Crippen LogP contribution in [0.1, 0.15) is 17.0 Å². The van der Waals surface area contributed by atoms with Crippen molar-refractivity contribution in [2.45, 2.75) is 20.4 Å². The van der Waals surface area contributed by atoms with Gasteiger partial charge in [-0.1, -0.05) is 18.2 Å². The molecule has 0 saturated carbocycles. The van der Waals surface area contributed by atoms with E-state index in [0.717, 1.165) is 22.6 Å². The normalized spacial score (nSPS) is 11.0. The van der Waals surface area contributed by atoms with Gasteiger partial charge in [0.1, 0.15) is 5.82 Å². The lowest BCUT2D eigenvalue weighted by atomic mass is 10.2. The molecule has 2 aromatic heterocycles. The van der Waals surface area contributed by atoms with Crippen molar-refractivity contribution in [3.8, 4) is 11.3 Å². The summed E-state index contributed by atoms with van der Waals surface area (Å²) in [5.41, 5.74) is 10.5. The molecule has 0 aliphatic rings. The Kier molecular flexibility index (Phi) is 3.51. The van der Waals surface area contributed by atoms with Crippen LogP contribution in [0, 0.1) is 19.7 Å². The van der Waals surface area contributed by atoms with Gasteiger partial charge >= 0.3 is 0 Å². The molecule has 1 aromatic carbocycles. The molecule has 2 heterocycles. The Hall–Kier alpha value is -2.14. The second-order valence-corrected chi connectivity index (χ2v) is 5.92. The molecule has 0 unspecified atom stereocenters. The summed E-state index contributed by atoms with van der Waals surface area (Å²) in [7, 11) is 0. The van der Waals surface area contributed by atoms with Crippen molar-refractivity contribution in [2.24, 2.45) is 0 Å². The van der Waals surface area contributed by atoms with Crippen molar-refractivity contribution in [1.82, 2.24) is 9.55 Å². The fourth-order valence-electron chi connectivity index (χ4n) is 2.51. The van der Waals surface area contributed by atoms with Crippen LogP contribution in [0.3, 0.4) is 0 Å². The van der Waals surface area contributed by atoms with Gasteiger partial charge in [-0.25, -0.2) is 9.37 Å². The minimum absolute atomic E-state index is 0.176. The lowest BCUT2D eigenvalue weighted by molar-refractivity contribution is 0.595. The highest BCUT2D eigenvalue weighted by molar-refractivity contribution is 7.13. The zero-order valence-corrected chi connectivity index (χ0v) is 12.7. The first-order valence-corrected chi connectivity index (χ1v) is 7.55. The molecule has 0 aliphatic heterocycles. The molecule has 21 heavy (non-hydrogen) atoms. The standard InChI is InChI=1S/C16H16FN3S/c1-10-7-13(15-9-21-16(18)19-15)11(2)20(10)8-12-5-3-4-6-14(12)17/h3-7,9H,8H2,1-2H3,(H2,18,19). The Labute approximate surface area is 126 Å². The molecule has 2 N–H and O–H groups in total. The maximum Gasteiger partial charge on any atom is 0.180 e. The number of aryl methyl sites for hydroxylation is 1. The highest BCUT2D eigenvalue weighted by atomic mass is 32.1. The number of aromatic nitrogens is 2. The van der Waals surface area contributed by atoms with Crippen LogP contribution < -0.4 is 5.73 Å². The zero-order valence-electron chi connectivity index (χ0n) is 11.9. The van der Waals surface area contributed by atoms with Crippen molar-refractivity contribution < 1.29 is 4.39 Å². The number of nitrogen functional groups attached to an aromatic ring is 1. The van der Waals surface area contributed by atoms with Gasteiger partial charge in [0.15, 0.2) is 5.13 Å². The van der Waals surface area contributed by atoms with Crippen LogP contribution in [-0.4, -0.2) is 9.55 Å². The van der Waals surface area contributed by atoms with Gasteiger partial charge in [-0.15, -0.1) is 11.3 Å². The second kappa shape index (κ2) is 5.33. The Morgan fingerprint density at radius 2 is 2.05 bits per heavy atom. The predicted octanol–water partition coefficient (Wildman–Crippen LogP) is 4.00. The molecule has 0 aliphatic carbocycles. The summed E-state index contributed by atoms with van der Waals surface area (Å²) in [5.74, 6) is -0.176. The van der Waals surface area contributed by atoms with Gasteiger partial charge in [0.05, 0.1) is 12.2 Å². The van der Waals surface area contributed by atoms with Crippen molar-refractivity contribution >= 4 is 16.5 Å². The Morgan fingerprint density at radius 3 is 2.71 bits per heavy atom. The highest BCUT2D eigenvalue weighted by Crippen LogP contribution is 2.29. The maximum absolute atomic E-state index is 13.8. The first kappa shape index (κ1) is 13.8. The van der Waals surface area contributed by atoms with Gasteiger partial charge in [-0.2, -0.15) is 0 Å². The lowest BCUT2D eigenvalue weighted by Gasteiger charge is -2.10. The van der Waals surface area contributed by atoms with Gasteiger partial charge in [0.25, 0.3) is 0 Å². The average molecular weight is 301 g/mol. The number of hydrogen-bond acceptors (Lipinski definition) is 3. The highest BCUT2D eigenvalue weighted by Gasteiger charge is 2.14. The molecule has 3 nitrogen and oxygen atoms in total. The van der Waals surface area contributed by atoms with E-state index in [9.17, 15) is 4.39 Å². The molecule has 0 atom stereocenters. The van der Waals surface area contributed by atoms with E-state index in [4.69, 9.17) is 5.73 Å². The van der Waals surface area contributed by atoms with Gasteiger partial charge < -0.3 is 10.3 Å². The molecule has 5 heteroatoms. The van der Waals surface area contributed by atoms with Crippen LogP contribution in [0.15, 0.2) is 35.7 Å². The van der Waals surface area contributed by atoms with Crippen LogP contribution in [0.2, 0.25) is 0 Å². The number of nitrogens with zero attached hydrogens (tertiary/aromatic N) is 2. The summed E-state index contributed by atoms with van der Waals surface area (Å²) >= 11 is 1.43. The van der Waals surface area contributed by atoms with Crippen LogP contribution in [0.4, 0.5) is 9.52 Å². The topological polar surface area (TPSA) is 43.8 Å². The first-order valence-electron chi connectivity index (χ1n) is 6.68. The quantitative estimate of drug-likeness (QED) is 0.794. The number of thiazole rings is 1. The molecular weight excluding hydrogens is 285 g/mol. The summed E-state index contributed by atoms with van der Waals surface area (Å²) in [5, 5.41) is 2.51. The summed E-state index contributed by atoms with van der Waals surface area (Å²) < 4.78 is 15.9. The molecule has 0 fully saturated rings. The van der Waals surface area contributed by atoms with E-state index in [2.05, 4.69) is 15.6 Å². The first-order chi connectivity index (χ1) is 10.1. The van der Waals surface area contributed by atoms with Crippen LogP contribution in [0.5, 0.6) is 0 Å². The summed E-state index contributed by atoms with van der Waals surface area (Å²) in [6.07, 6.45) is 0. The van der Waals surface area contributed by atoms with E-state index in [-0.39, 0.29) is 5.82 Å². The second-order valence-electron chi connectivity index (χ2n) is 5.03. The third-order valence-corrected chi connectivity index (χ3v) is 4.33. The number of nitrogens with two attached hydrogens (primary N) is 1. The molecule has 3 aromatic rings. The molecule has 3 rings (SSSR count). The molecule has 0 bridgehead atoms. The number of rotatable bonds is 3. The maximum atomic E-state index is 13.8. The summed E-state index contributed by atoms with van der Waals surface area (Å²) in [6, 6.07) is 8.94. The lowest BCUT2D eigenvalue weighted by Crippen LogP contribution is -2.05. The third-order valence-electron chi connectivity index (χ3n) is 3.66. The Morgan fingerprint density at radius 1 is 1.29 bits per heavy atom. The Balaban J connectivity index is 2.01. The number of halogens is 1. The van der Waals surface area contributed by atoms with E-state index in [1.807, 2.05) is 31.4 Å². The van der Waals surface area contributed by atoms with Crippen LogP contribution >= 0.6 is 11.3 Å². The van der Waals surface area contributed by atoms with Crippen molar-refractivity contribution in [3.63, 3.8) is 0 Å². The number of anilines is 1. The number of hydrogen-bond donors (Lipinski definition) is 1. The predicted molar refractivity (Wildman–Crippen MR) is 84.9 cm³/mol. The fraction of sp³-hybridized carbons (Fsp3) is 0.188. The van der Waals surface area contributed by atoms with E-state index < -0.39 is 0 Å². The van der Waals surface area contributed by atoms with Crippen molar-refractivity contribution in [2.75, 3.05) is 5.73 Å². The minimum Gasteiger partial charge on any atom is -0.375 e. The average Bonchev–Trinajstić information content (AvgIpc) is 2.99. The molecular formula is C16H16FN3S. The third kappa shape index (κ3) is 2.56. The van der Waals surface area contributed by atoms with E-state index >= 15 is 0 Å². The molecule has 0 amide bonds. The SMILES string of the molecule is Cc1cc(-c2csc(N)n2)c(C)n1Cc1ccccc1F. The largest absolute Gasteiger partial charge is 0.375 e. The van der Waals surface area contributed by atoms with Crippen LogP contribution in [0.25, 0.3) is 11.3 Å². The fourth-order valence-corrected chi connectivity index (χ4v) is 3.08. The number of benzene rings is 1. The van der Waals surface area contributed by atoms with Crippen molar-refractivity contribution in [1.29, 1.82) is 0 Å². The van der Waals surface area contributed by atoms with Gasteiger partial charge in [-0.05, 0) is 26.0 Å². The van der Waals surface area contributed by atoms with Crippen LogP contribution in [-0.2, 0) is 6.54 Å². The molecule has 0 radical (unpaired) electrons. The van der Waals surface area contributed by atoms with Crippen molar-refractivity contribution in [3.05, 3.63) is 58.5 Å². The molecule has 108 valence electrons. The molecule has 0 saturated heterocycles. The summed E-state index contributed by atoms with van der Waals surface area (Å²) in [6.45, 7) is 4.57. The van der Waals surface area contributed by atoms with E-state index in [0.29, 0.717) is 17.2 Å². The van der Waals surface area contributed by atoms with E-state index in [1.165, 1.54) is 17.4 Å². The van der Waals surface area contributed by atoms with Gasteiger partial charge in [0.2, 0.25) is 0 Å². The molecule has 0 spiro atoms. The minimum atomic E-state index is -0.176. The van der Waals surface area contributed by atoms with Gasteiger partial charge in [-0.3, -0.25) is 0 Å². The monoisotopic (exact) mass is 301 g/mol. The summed E-state index contributed by atoms with van der Waals surface area (Å²) in [4.78, 5) is 4.33. The Bertz CT molecular complexity index is 789. The van der Waals surface area contributed by atoms with Gasteiger partial charge in [0, 0.05) is 27.9 Å². The zero-order chi connectivity index (χ0) is 15.0.